The van der Waals surface area contributed by atoms with Crippen molar-refractivity contribution in [3.8, 4) is 11.8 Å². The number of methoxy groups -OCH3 is 1. The fourth-order valence-corrected chi connectivity index (χ4v) is 1.72. The number of hydrogen-bond donors (Lipinski definition) is 1. The van der Waals surface area contributed by atoms with Crippen molar-refractivity contribution in [3.05, 3.63) is 29.8 Å². The van der Waals surface area contributed by atoms with Crippen LogP contribution in [0, 0.1) is 11.3 Å². The molecule has 0 aliphatic rings. The second-order valence-electron chi connectivity index (χ2n) is 5.05. The van der Waals surface area contributed by atoms with Crippen molar-refractivity contribution in [1.29, 1.82) is 5.26 Å². The summed E-state index contributed by atoms with van der Waals surface area (Å²) in [5.41, 5.74) is 0.975. The summed E-state index contributed by atoms with van der Waals surface area (Å²) < 4.78 is 5.12. The largest absolute Gasteiger partial charge is 0.497 e. The van der Waals surface area contributed by atoms with Crippen LogP contribution in [0.4, 0.5) is 0 Å². The van der Waals surface area contributed by atoms with Gasteiger partial charge >= 0.3 is 0 Å². The van der Waals surface area contributed by atoms with Gasteiger partial charge in [-0.1, -0.05) is 26.0 Å². The Balaban J connectivity index is 2.59. The Kier molecular flexibility index (Phi) is 5.37. The van der Waals surface area contributed by atoms with E-state index in [9.17, 15) is 4.79 Å². The summed E-state index contributed by atoms with van der Waals surface area (Å²) in [7, 11) is 1.63. The Morgan fingerprint density at radius 3 is 2.53 bits per heavy atom. The third-order valence-corrected chi connectivity index (χ3v) is 3.06. The molecule has 1 aromatic rings. The normalized spacial score (nSPS) is 10.6. The van der Waals surface area contributed by atoms with E-state index in [0.717, 1.165) is 11.3 Å². The fourth-order valence-electron chi connectivity index (χ4n) is 1.72. The SMILES string of the molecule is COc1ccc(C(C)(C)CNC(=O)CCC#N)cc1. The van der Waals surface area contributed by atoms with Crippen LogP contribution in [-0.2, 0) is 10.2 Å². The van der Waals surface area contributed by atoms with E-state index in [4.69, 9.17) is 10.00 Å². The van der Waals surface area contributed by atoms with Crippen LogP contribution >= 0.6 is 0 Å². The van der Waals surface area contributed by atoms with Gasteiger partial charge in [0.1, 0.15) is 5.75 Å². The Morgan fingerprint density at radius 1 is 1.37 bits per heavy atom. The van der Waals surface area contributed by atoms with Crippen LogP contribution in [0.1, 0.15) is 32.3 Å². The number of hydrogen-bond acceptors (Lipinski definition) is 3. The van der Waals surface area contributed by atoms with Crippen molar-refractivity contribution < 1.29 is 9.53 Å². The van der Waals surface area contributed by atoms with Gasteiger partial charge in [-0.2, -0.15) is 5.26 Å². The topological polar surface area (TPSA) is 62.1 Å². The lowest BCUT2D eigenvalue weighted by Crippen LogP contribution is -2.36. The Morgan fingerprint density at radius 2 is 2.00 bits per heavy atom. The van der Waals surface area contributed by atoms with E-state index >= 15 is 0 Å². The first-order valence-electron chi connectivity index (χ1n) is 6.28. The minimum atomic E-state index is -0.158. The van der Waals surface area contributed by atoms with Gasteiger partial charge in [-0.15, -0.1) is 0 Å². The molecule has 4 heteroatoms. The monoisotopic (exact) mass is 260 g/mol. The second kappa shape index (κ2) is 6.79. The zero-order chi connectivity index (χ0) is 14.3. The third-order valence-electron chi connectivity index (χ3n) is 3.06. The molecule has 0 unspecified atom stereocenters. The molecule has 1 amide bonds. The molecular formula is C15H20N2O2. The zero-order valence-electron chi connectivity index (χ0n) is 11.7. The quantitative estimate of drug-likeness (QED) is 0.854. The van der Waals surface area contributed by atoms with Gasteiger partial charge in [-0.3, -0.25) is 4.79 Å². The van der Waals surface area contributed by atoms with Crippen LogP contribution in [0.2, 0.25) is 0 Å². The summed E-state index contributed by atoms with van der Waals surface area (Å²) in [5, 5.41) is 11.3. The van der Waals surface area contributed by atoms with E-state index in [2.05, 4.69) is 19.2 Å². The maximum Gasteiger partial charge on any atom is 0.221 e. The number of nitrogens with zero attached hydrogens (tertiary/aromatic N) is 1. The number of nitrogens with one attached hydrogen (secondary N) is 1. The van der Waals surface area contributed by atoms with Gasteiger partial charge in [-0.25, -0.2) is 0 Å². The molecule has 0 saturated carbocycles. The number of carbonyl (C=O) groups excluding carboxylic acids is 1. The number of ether oxygens (including phenoxy) is 1. The molecule has 0 spiro atoms. The maximum absolute atomic E-state index is 11.5. The van der Waals surface area contributed by atoms with Crippen LogP contribution in [0.25, 0.3) is 0 Å². The molecule has 0 aliphatic carbocycles. The molecular weight excluding hydrogens is 240 g/mol. The first-order chi connectivity index (χ1) is 8.99. The van der Waals surface area contributed by atoms with Gasteiger partial charge in [0, 0.05) is 24.8 Å². The number of benzene rings is 1. The molecule has 0 heterocycles. The standard InChI is InChI=1S/C15H20N2O2/c1-15(2,11-17-14(18)5-4-10-16)12-6-8-13(19-3)9-7-12/h6-9H,4-5,11H2,1-3H3,(H,17,18). The van der Waals surface area contributed by atoms with E-state index < -0.39 is 0 Å². The smallest absolute Gasteiger partial charge is 0.221 e. The van der Waals surface area contributed by atoms with Crippen molar-refractivity contribution in [2.24, 2.45) is 0 Å². The summed E-state index contributed by atoms with van der Waals surface area (Å²) in [6.07, 6.45) is 0.518. The molecule has 19 heavy (non-hydrogen) atoms. The third kappa shape index (κ3) is 4.63. The molecule has 0 aliphatic heterocycles. The highest BCUT2D eigenvalue weighted by molar-refractivity contribution is 5.76. The predicted octanol–water partition coefficient (Wildman–Crippen LogP) is 2.39. The van der Waals surface area contributed by atoms with Gasteiger partial charge in [0.15, 0.2) is 0 Å². The van der Waals surface area contributed by atoms with Gasteiger partial charge in [0.25, 0.3) is 0 Å². The van der Waals surface area contributed by atoms with Gasteiger partial charge in [-0.05, 0) is 17.7 Å². The zero-order valence-corrected chi connectivity index (χ0v) is 11.7. The van der Waals surface area contributed by atoms with Crippen molar-refractivity contribution in [2.45, 2.75) is 32.1 Å². The average molecular weight is 260 g/mol. The lowest BCUT2D eigenvalue weighted by molar-refractivity contribution is -0.121. The highest BCUT2D eigenvalue weighted by atomic mass is 16.5. The molecule has 0 aromatic heterocycles. The molecule has 1 aromatic carbocycles. The van der Waals surface area contributed by atoms with Crippen LogP contribution in [0.3, 0.4) is 0 Å². The summed E-state index contributed by atoms with van der Waals surface area (Å²) in [6.45, 7) is 4.68. The lowest BCUT2D eigenvalue weighted by Gasteiger charge is -2.25. The van der Waals surface area contributed by atoms with Gasteiger partial charge in [0.05, 0.1) is 13.2 Å². The second-order valence-corrected chi connectivity index (χ2v) is 5.05. The van der Waals surface area contributed by atoms with E-state index in [1.54, 1.807) is 7.11 Å². The number of nitriles is 1. The predicted molar refractivity (Wildman–Crippen MR) is 73.9 cm³/mol. The molecule has 0 atom stereocenters. The first kappa shape index (κ1) is 15.0. The molecule has 0 saturated heterocycles. The summed E-state index contributed by atoms with van der Waals surface area (Å²) >= 11 is 0. The molecule has 1 rings (SSSR count). The lowest BCUT2D eigenvalue weighted by atomic mass is 9.84. The van der Waals surface area contributed by atoms with Crippen molar-refractivity contribution in [1.82, 2.24) is 5.32 Å². The van der Waals surface area contributed by atoms with Crippen LogP contribution < -0.4 is 10.1 Å². The first-order valence-corrected chi connectivity index (χ1v) is 6.28. The molecule has 0 fully saturated rings. The molecule has 0 radical (unpaired) electrons. The Bertz CT molecular complexity index is 458. The van der Waals surface area contributed by atoms with Gasteiger partial charge < -0.3 is 10.1 Å². The van der Waals surface area contributed by atoms with Crippen molar-refractivity contribution in [3.63, 3.8) is 0 Å². The Labute approximate surface area is 114 Å². The van der Waals surface area contributed by atoms with Crippen LogP contribution in [0.15, 0.2) is 24.3 Å². The van der Waals surface area contributed by atoms with Crippen molar-refractivity contribution >= 4 is 5.91 Å². The van der Waals surface area contributed by atoms with E-state index in [1.807, 2.05) is 30.3 Å². The number of carbonyl (C=O) groups is 1. The fraction of sp³-hybridized carbons (Fsp3) is 0.467. The van der Waals surface area contributed by atoms with E-state index in [-0.39, 0.29) is 24.2 Å². The van der Waals surface area contributed by atoms with Crippen molar-refractivity contribution in [2.75, 3.05) is 13.7 Å². The number of rotatable bonds is 6. The highest BCUT2D eigenvalue weighted by Gasteiger charge is 2.21. The van der Waals surface area contributed by atoms with Crippen LogP contribution in [-0.4, -0.2) is 19.6 Å². The molecule has 4 nitrogen and oxygen atoms in total. The molecule has 102 valence electrons. The molecule has 1 N–H and O–H groups in total. The highest BCUT2D eigenvalue weighted by Crippen LogP contribution is 2.24. The average Bonchev–Trinajstić information content (AvgIpc) is 2.43. The summed E-state index contributed by atoms with van der Waals surface area (Å²) in [4.78, 5) is 11.5. The van der Waals surface area contributed by atoms with E-state index in [0.29, 0.717) is 6.54 Å². The van der Waals surface area contributed by atoms with Crippen LogP contribution in [0.5, 0.6) is 5.75 Å². The summed E-state index contributed by atoms with van der Waals surface area (Å²) in [5.74, 6) is 0.737. The number of amides is 1. The Hall–Kier alpha value is -2.02. The minimum absolute atomic E-state index is 0.0804. The maximum atomic E-state index is 11.5. The van der Waals surface area contributed by atoms with Gasteiger partial charge in [0.2, 0.25) is 5.91 Å². The minimum Gasteiger partial charge on any atom is -0.497 e. The molecule has 0 bridgehead atoms. The summed E-state index contributed by atoms with van der Waals surface area (Å²) in [6, 6.07) is 9.79. The van der Waals surface area contributed by atoms with E-state index in [1.165, 1.54) is 0 Å².